The second-order valence-electron chi connectivity index (χ2n) is 4.24. The van der Waals surface area contributed by atoms with Crippen molar-refractivity contribution < 1.29 is 23.1 Å². The van der Waals surface area contributed by atoms with Crippen LogP contribution in [0.4, 0.5) is 5.69 Å². The molecule has 0 spiro atoms. The van der Waals surface area contributed by atoms with Crippen molar-refractivity contribution in [3.63, 3.8) is 0 Å². The van der Waals surface area contributed by atoms with Crippen molar-refractivity contribution >= 4 is 21.7 Å². The zero-order chi connectivity index (χ0) is 15.2. The maximum Gasteiger partial charge on any atom is 0.326 e. The number of rotatable bonds is 8. The van der Waals surface area contributed by atoms with Gasteiger partial charge < -0.3 is 15.2 Å². The fourth-order valence-corrected chi connectivity index (χ4v) is 2.15. The van der Waals surface area contributed by atoms with E-state index in [-0.39, 0.29) is 4.90 Å². The van der Waals surface area contributed by atoms with Gasteiger partial charge in [0.15, 0.2) is 0 Å². The van der Waals surface area contributed by atoms with Crippen LogP contribution in [0.15, 0.2) is 29.2 Å². The highest BCUT2D eigenvalue weighted by molar-refractivity contribution is 7.89. The number of carboxylic acids is 1. The summed E-state index contributed by atoms with van der Waals surface area (Å²) >= 11 is 0. The summed E-state index contributed by atoms with van der Waals surface area (Å²) in [6.45, 7) is 0.482. The second-order valence-corrected chi connectivity index (χ2v) is 5.80. The first-order valence-corrected chi connectivity index (χ1v) is 7.50. The van der Waals surface area contributed by atoms with E-state index >= 15 is 0 Å². The molecule has 1 atom stereocenters. The Kier molecular flexibility index (Phi) is 5.93. The zero-order valence-corrected chi connectivity index (χ0v) is 11.9. The Hall–Kier alpha value is -1.64. The van der Waals surface area contributed by atoms with Crippen LogP contribution in [-0.4, -0.2) is 39.3 Å². The molecule has 0 saturated heterocycles. The molecule has 0 fully saturated rings. The first-order valence-electron chi connectivity index (χ1n) is 5.95. The lowest BCUT2D eigenvalue weighted by Gasteiger charge is -2.15. The number of carbonyl (C=O) groups is 1. The van der Waals surface area contributed by atoms with Gasteiger partial charge in [-0.05, 0) is 37.1 Å². The number of benzene rings is 1. The number of sulfonamides is 1. The quantitative estimate of drug-likeness (QED) is 0.606. The summed E-state index contributed by atoms with van der Waals surface area (Å²) in [4.78, 5) is 11.1. The SMILES string of the molecule is COCCCC(Nc1ccc(S(N)(=O)=O)cc1)C(=O)O. The topological polar surface area (TPSA) is 119 Å². The van der Waals surface area contributed by atoms with E-state index in [4.69, 9.17) is 15.0 Å². The smallest absolute Gasteiger partial charge is 0.326 e. The van der Waals surface area contributed by atoms with E-state index in [9.17, 15) is 13.2 Å². The predicted molar refractivity (Wildman–Crippen MR) is 74.0 cm³/mol. The predicted octanol–water partition coefficient (Wildman–Crippen LogP) is 0.626. The van der Waals surface area contributed by atoms with Gasteiger partial charge in [-0.1, -0.05) is 0 Å². The van der Waals surface area contributed by atoms with Gasteiger partial charge >= 0.3 is 5.97 Å². The van der Waals surface area contributed by atoms with Gasteiger partial charge in [0.1, 0.15) is 6.04 Å². The Morgan fingerprint density at radius 1 is 1.40 bits per heavy atom. The molecule has 1 aromatic rings. The van der Waals surface area contributed by atoms with Gasteiger partial charge in [0.25, 0.3) is 0 Å². The van der Waals surface area contributed by atoms with Gasteiger partial charge in [0.05, 0.1) is 4.90 Å². The molecule has 112 valence electrons. The van der Waals surface area contributed by atoms with Gasteiger partial charge in [0, 0.05) is 19.4 Å². The van der Waals surface area contributed by atoms with Crippen molar-refractivity contribution in [2.75, 3.05) is 19.0 Å². The van der Waals surface area contributed by atoms with Crippen LogP contribution in [0.3, 0.4) is 0 Å². The summed E-state index contributed by atoms with van der Waals surface area (Å²) in [6, 6.07) is 4.85. The molecule has 0 aliphatic carbocycles. The number of methoxy groups -OCH3 is 1. The highest BCUT2D eigenvalue weighted by Crippen LogP contribution is 2.15. The van der Waals surface area contributed by atoms with E-state index in [0.29, 0.717) is 25.1 Å². The summed E-state index contributed by atoms with van der Waals surface area (Å²) in [5, 5.41) is 16.9. The molecule has 0 heterocycles. The lowest BCUT2D eigenvalue weighted by molar-refractivity contribution is -0.138. The normalized spacial score (nSPS) is 12.9. The standard InChI is InChI=1S/C12H18N2O5S/c1-19-8-2-3-11(12(15)16)14-9-4-6-10(7-5-9)20(13,17)18/h4-7,11,14H,2-3,8H2,1H3,(H,15,16)(H2,13,17,18). The van der Waals surface area contributed by atoms with E-state index in [0.717, 1.165) is 0 Å². The Labute approximate surface area is 117 Å². The average molecular weight is 302 g/mol. The van der Waals surface area contributed by atoms with Gasteiger partial charge in [-0.2, -0.15) is 0 Å². The molecule has 0 radical (unpaired) electrons. The number of ether oxygens (including phenoxy) is 1. The fourth-order valence-electron chi connectivity index (χ4n) is 1.63. The summed E-state index contributed by atoms with van der Waals surface area (Å²) in [6.07, 6.45) is 1.01. The molecule has 1 aromatic carbocycles. The fraction of sp³-hybridized carbons (Fsp3) is 0.417. The van der Waals surface area contributed by atoms with Crippen LogP contribution in [0.5, 0.6) is 0 Å². The average Bonchev–Trinajstić information content (AvgIpc) is 2.37. The first-order chi connectivity index (χ1) is 9.34. The Balaban J connectivity index is 2.71. The molecule has 0 aliphatic heterocycles. The summed E-state index contributed by atoms with van der Waals surface area (Å²) in [5.74, 6) is -0.975. The number of hydrogen-bond acceptors (Lipinski definition) is 5. The van der Waals surface area contributed by atoms with Gasteiger partial charge in [-0.15, -0.1) is 0 Å². The van der Waals surface area contributed by atoms with Crippen LogP contribution >= 0.6 is 0 Å². The van der Waals surface area contributed by atoms with Crippen molar-refractivity contribution in [2.24, 2.45) is 5.14 Å². The minimum atomic E-state index is -3.74. The van der Waals surface area contributed by atoms with E-state index in [1.807, 2.05) is 0 Å². The summed E-state index contributed by atoms with van der Waals surface area (Å²) in [5.41, 5.74) is 0.516. The van der Waals surface area contributed by atoms with Crippen molar-refractivity contribution in [3.8, 4) is 0 Å². The molecule has 0 amide bonds. The molecular weight excluding hydrogens is 284 g/mol. The van der Waals surface area contributed by atoms with Crippen LogP contribution in [0.1, 0.15) is 12.8 Å². The first kappa shape index (κ1) is 16.4. The number of nitrogens with one attached hydrogen (secondary N) is 1. The third-order valence-electron chi connectivity index (χ3n) is 2.66. The highest BCUT2D eigenvalue weighted by atomic mass is 32.2. The molecule has 1 rings (SSSR count). The van der Waals surface area contributed by atoms with E-state index < -0.39 is 22.0 Å². The maximum absolute atomic E-state index is 11.1. The number of aliphatic carboxylic acids is 1. The number of carboxylic acid groups (broad SMARTS) is 1. The van der Waals surface area contributed by atoms with Gasteiger partial charge in [-0.3, -0.25) is 0 Å². The molecule has 7 nitrogen and oxygen atoms in total. The number of hydrogen-bond donors (Lipinski definition) is 3. The van der Waals surface area contributed by atoms with Crippen LogP contribution in [0.2, 0.25) is 0 Å². The largest absolute Gasteiger partial charge is 0.480 e. The highest BCUT2D eigenvalue weighted by Gasteiger charge is 2.17. The number of primary sulfonamides is 1. The third kappa shape index (κ3) is 5.16. The minimum Gasteiger partial charge on any atom is -0.480 e. The third-order valence-corrected chi connectivity index (χ3v) is 3.59. The monoisotopic (exact) mass is 302 g/mol. The van der Waals surface area contributed by atoms with Crippen LogP contribution in [0, 0.1) is 0 Å². The maximum atomic E-state index is 11.1. The van der Waals surface area contributed by atoms with E-state index in [2.05, 4.69) is 5.32 Å². The lowest BCUT2D eigenvalue weighted by Crippen LogP contribution is -2.29. The summed E-state index contributed by atoms with van der Waals surface area (Å²) in [7, 11) is -2.19. The van der Waals surface area contributed by atoms with Crippen LogP contribution in [-0.2, 0) is 19.6 Å². The lowest BCUT2D eigenvalue weighted by atomic mass is 10.1. The minimum absolute atomic E-state index is 0.0192. The van der Waals surface area contributed by atoms with Crippen LogP contribution in [0.25, 0.3) is 0 Å². The molecule has 4 N–H and O–H groups in total. The molecule has 0 saturated carbocycles. The number of nitrogens with two attached hydrogens (primary N) is 1. The van der Waals surface area contributed by atoms with Crippen molar-refractivity contribution in [1.29, 1.82) is 0 Å². The van der Waals surface area contributed by atoms with Gasteiger partial charge in [0.2, 0.25) is 10.0 Å². The van der Waals surface area contributed by atoms with Gasteiger partial charge in [-0.25, -0.2) is 18.4 Å². The molecule has 0 aromatic heterocycles. The second kappa shape index (κ2) is 7.22. The Morgan fingerprint density at radius 2 is 2.00 bits per heavy atom. The van der Waals surface area contributed by atoms with Crippen LogP contribution < -0.4 is 10.5 Å². The molecule has 20 heavy (non-hydrogen) atoms. The molecule has 1 unspecified atom stereocenters. The van der Waals surface area contributed by atoms with E-state index in [1.54, 1.807) is 7.11 Å². The molecule has 8 heteroatoms. The molecule has 0 aliphatic rings. The van der Waals surface area contributed by atoms with E-state index in [1.165, 1.54) is 24.3 Å². The van der Waals surface area contributed by atoms with Crippen molar-refractivity contribution in [3.05, 3.63) is 24.3 Å². The Morgan fingerprint density at radius 3 is 2.45 bits per heavy atom. The van der Waals surface area contributed by atoms with Crippen molar-refractivity contribution in [1.82, 2.24) is 0 Å². The molecular formula is C12H18N2O5S. The van der Waals surface area contributed by atoms with Crippen molar-refractivity contribution in [2.45, 2.75) is 23.8 Å². The zero-order valence-electron chi connectivity index (χ0n) is 11.1. The summed E-state index contributed by atoms with van der Waals surface area (Å²) < 4.78 is 27.1. The molecule has 0 bridgehead atoms. The number of anilines is 1. The Bertz CT molecular complexity index is 541.